The summed E-state index contributed by atoms with van der Waals surface area (Å²) in [4.78, 5) is 3.66. The van der Waals surface area contributed by atoms with Crippen LogP contribution in [-0.4, -0.2) is 4.98 Å². The topological polar surface area (TPSA) is 12.9 Å². The summed E-state index contributed by atoms with van der Waals surface area (Å²) in [5.74, 6) is -0.0109. The lowest BCUT2D eigenvalue weighted by molar-refractivity contribution is 0.584. The minimum atomic E-state index is -0.358. The highest BCUT2D eigenvalue weighted by atomic mass is 32.1. The summed E-state index contributed by atoms with van der Waals surface area (Å²) in [5.41, 5.74) is 0. The molecule has 0 amide bonds. The number of hydrogen-bond acceptors (Lipinski definition) is 2. The maximum absolute atomic E-state index is 12.2. The molecule has 0 N–H and O–H groups in total. The molecule has 0 bridgehead atoms. The Labute approximate surface area is 57.6 Å². The first-order valence-corrected chi connectivity index (χ1v) is 3.69. The molecule has 50 valence electrons. The molecule has 1 aromatic rings. The van der Waals surface area contributed by atoms with Gasteiger partial charge in [0.15, 0.2) is 0 Å². The predicted octanol–water partition coefficient (Wildman–Crippen LogP) is 2.41. The molecule has 0 atom stereocenters. The second-order valence-corrected chi connectivity index (χ2v) is 3.05. The molecule has 1 rings (SSSR count). The number of aromatic nitrogens is 1. The quantitative estimate of drug-likeness (QED) is 0.591. The van der Waals surface area contributed by atoms with Crippen LogP contribution in [-0.2, 0) is 0 Å². The molecule has 1 heterocycles. The van der Waals surface area contributed by atoms with E-state index in [2.05, 4.69) is 4.98 Å². The van der Waals surface area contributed by atoms with Crippen LogP contribution in [0.25, 0.3) is 0 Å². The second-order valence-electron chi connectivity index (χ2n) is 2.16. The molecule has 0 spiro atoms. The van der Waals surface area contributed by atoms with Crippen LogP contribution < -0.4 is 0 Å². The van der Waals surface area contributed by atoms with Gasteiger partial charge in [0.2, 0.25) is 5.95 Å². The Hall–Kier alpha value is -0.440. The molecule has 1 nitrogen and oxygen atoms in total. The minimum Gasteiger partial charge on any atom is -0.213 e. The van der Waals surface area contributed by atoms with Crippen LogP contribution in [0.4, 0.5) is 4.39 Å². The van der Waals surface area contributed by atoms with Crippen molar-refractivity contribution in [1.82, 2.24) is 4.98 Å². The normalized spacial score (nSPS) is 10.7. The van der Waals surface area contributed by atoms with Crippen molar-refractivity contribution in [2.45, 2.75) is 19.8 Å². The van der Waals surface area contributed by atoms with Crippen LogP contribution in [0.1, 0.15) is 24.8 Å². The van der Waals surface area contributed by atoms with Crippen LogP contribution >= 0.6 is 11.3 Å². The lowest BCUT2D eigenvalue weighted by Gasteiger charge is -1.93. The number of halogens is 1. The van der Waals surface area contributed by atoms with Gasteiger partial charge in [0.05, 0.1) is 5.01 Å². The molecule has 0 aromatic carbocycles. The van der Waals surface area contributed by atoms with E-state index in [1.165, 1.54) is 16.7 Å². The lowest BCUT2D eigenvalue weighted by Crippen LogP contribution is -1.84. The standard InChI is InChI=1S/C6H8FNS/c1-4(2)6-8-5(7)3-9-6/h3-4H,1-2H3. The first kappa shape index (κ1) is 6.68. The van der Waals surface area contributed by atoms with Gasteiger partial charge in [-0.15, -0.1) is 11.3 Å². The van der Waals surface area contributed by atoms with Crippen molar-refractivity contribution in [3.8, 4) is 0 Å². The molecule has 0 fully saturated rings. The Kier molecular flexibility index (Phi) is 1.81. The van der Waals surface area contributed by atoms with E-state index in [0.29, 0.717) is 5.92 Å². The largest absolute Gasteiger partial charge is 0.223 e. The molecule has 1 aromatic heterocycles. The average Bonchev–Trinajstić information content (AvgIpc) is 2.14. The van der Waals surface area contributed by atoms with E-state index in [1.807, 2.05) is 13.8 Å². The van der Waals surface area contributed by atoms with Gasteiger partial charge in [-0.3, -0.25) is 0 Å². The van der Waals surface area contributed by atoms with Gasteiger partial charge in [-0.05, 0) is 0 Å². The van der Waals surface area contributed by atoms with E-state index < -0.39 is 0 Å². The Bertz CT molecular complexity index is 195. The van der Waals surface area contributed by atoms with E-state index in [0.717, 1.165) is 5.01 Å². The molecule has 0 radical (unpaired) electrons. The van der Waals surface area contributed by atoms with Gasteiger partial charge in [-0.2, -0.15) is 4.39 Å². The molecule has 0 aliphatic carbocycles. The lowest BCUT2D eigenvalue weighted by atomic mass is 10.2. The van der Waals surface area contributed by atoms with Crippen molar-refractivity contribution >= 4 is 11.3 Å². The van der Waals surface area contributed by atoms with Crippen LogP contribution in [0, 0.1) is 5.95 Å². The van der Waals surface area contributed by atoms with Crippen molar-refractivity contribution in [1.29, 1.82) is 0 Å². The van der Waals surface area contributed by atoms with Crippen molar-refractivity contribution < 1.29 is 4.39 Å². The fourth-order valence-electron chi connectivity index (χ4n) is 0.532. The summed E-state index contributed by atoms with van der Waals surface area (Å²) >= 11 is 1.37. The zero-order valence-electron chi connectivity index (χ0n) is 5.39. The predicted molar refractivity (Wildman–Crippen MR) is 36.2 cm³/mol. The third-order valence-electron chi connectivity index (χ3n) is 0.988. The number of rotatable bonds is 1. The van der Waals surface area contributed by atoms with E-state index in [4.69, 9.17) is 0 Å². The highest BCUT2D eigenvalue weighted by Gasteiger charge is 2.03. The summed E-state index contributed by atoms with van der Waals surface area (Å²) in [6.07, 6.45) is 0. The average molecular weight is 145 g/mol. The van der Waals surface area contributed by atoms with Crippen LogP contribution in [0.5, 0.6) is 0 Å². The highest BCUT2D eigenvalue weighted by Crippen LogP contribution is 2.17. The van der Waals surface area contributed by atoms with Gasteiger partial charge >= 0.3 is 0 Å². The number of thiazole rings is 1. The third kappa shape index (κ3) is 1.48. The van der Waals surface area contributed by atoms with Gasteiger partial charge in [0.25, 0.3) is 0 Å². The Morgan fingerprint density at radius 3 is 2.56 bits per heavy atom. The van der Waals surface area contributed by atoms with Crippen molar-refractivity contribution in [3.63, 3.8) is 0 Å². The van der Waals surface area contributed by atoms with E-state index in [1.54, 1.807) is 0 Å². The summed E-state index contributed by atoms with van der Waals surface area (Å²) in [5, 5.41) is 2.29. The zero-order valence-corrected chi connectivity index (χ0v) is 6.20. The molecular formula is C6H8FNS. The summed E-state index contributed by atoms with van der Waals surface area (Å²) in [6.45, 7) is 4.00. The van der Waals surface area contributed by atoms with E-state index in [-0.39, 0.29) is 5.95 Å². The summed E-state index contributed by atoms with van der Waals surface area (Å²) in [6, 6.07) is 0. The van der Waals surface area contributed by atoms with Crippen molar-refractivity contribution in [2.24, 2.45) is 0 Å². The Morgan fingerprint density at radius 1 is 1.67 bits per heavy atom. The van der Waals surface area contributed by atoms with Gasteiger partial charge in [0, 0.05) is 11.3 Å². The molecule has 0 saturated heterocycles. The Morgan fingerprint density at radius 2 is 2.33 bits per heavy atom. The van der Waals surface area contributed by atoms with Gasteiger partial charge in [0.1, 0.15) is 0 Å². The number of nitrogens with zero attached hydrogens (tertiary/aromatic N) is 1. The molecule has 0 aliphatic heterocycles. The molecule has 3 heteroatoms. The maximum Gasteiger partial charge on any atom is 0.223 e. The SMILES string of the molecule is CC(C)c1nc(F)cs1. The summed E-state index contributed by atoms with van der Waals surface area (Å²) < 4.78 is 12.2. The van der Waals surface area contributed by atoms with Crippen molar-refractivity contribution in [3.05, 3.63) is 16.3 Å². The Balaban J connectivity index is 2.85. The molecule has 0 aliphatic rings. The van der Waals surface area contributed by atoms with Gasteiger partial charge in [-0.1, -0.05) is 13.8 Å². The smallest absolute Gasteiger partial charge is 0.213 e. The van der Waals surface area contributed by atoms with Crippen LogP contribution in [0.15, 0.2) is 5.38 Å². The molecule has 0 unspecified atom stereocenters. The fraction of sp³-hybridized carbons (Fsp3) is 0.500. The van der Waals surface area contributed by atoms with E-state index >= 15 is 0 Å². The number of hydrogen-bond donors (Lipinski definition) is 0. The fourth-order valence-corrected chi connectivity index (χ4v) is 1.21. The summed E-state index contributed by atoms with van der Waals surface area (Å²) in [7, 11) is 0. The monoisotopic (exact) mass is 145 g/mol. The van der Waals surface area contributed by atoms with Gasteiger partial charge in [-0.25, -0.2) is 4.98 Å². The van der Waals surface area contributed by atoms with Crippen molar-refractivity contribution in [2.75, 3.05) is 0 Å². The van der Waals surface area contributed by atoms with Crippen LogP contribution in [0.2, 0.25) is 0 Å². The van der Waals surface area contributed by atoms with Gasteiger partial charge < -0.3 is 0 Å². The first-order chi connectivity index (χ1) is 4.20. The van der Waals surface area contributed by atoms with E-state index in [9.17, 15) is 4.39 Å². The highest BCUT2D eigenvalue weighted by molar-refractivity contribution is 7.09. The maximum atomic E-state index is 12.2. The van der Waals surface area contributed by atoms with Crippen LogP contribution in [0.3, 0.4) is 0 Å². The second kappa shape index (κ2) is 2.43. The molecular weight excluding hydrogens is 137 g/mol. The zero-order chi connectivity index (χ0) is 6.85. The molecule has 9 heavy (non-hydrogen) atoms. The third-order valence-corrected chi connectivity index (χ3v) is 2.10. The molecule has 0 saturated carbocycles. The minimum absolute atomic E-state index is 0.347. The first-order valence-electron chi connectivity index (χ1n) is 2.81.